The van der Waals surface area contributed by atoms with Crippen LogP contribution in [-0.4, -0.2) is 29.4 Å². The minimum Gasteiger partial charge on any atom is -0.353 e. The molecule has 1 aromatic heterocycles. The molecule has 5 nitrogen and oxygen atoms in total. The minimum atomic E-state index is -0.0783. The lowest BCUT2D eigenvalue weighted by Gasteiger charge is -2.23. The van der Waals surface area contributed by atoms with Gasteiger partial charge in [0.15, 0.2) is 0 Å². The number of rotatable bonds is 5. The molecule has 1 aliphatic rings. The lowest BCUT2D eigenvalue weighted by atomic mass is 10.1. The van der Waals surface area contributed by atoms with Crippen molar-refractivity contribution >= 4 is 28.4 Å². The molecule has 138 valence electrons. The van der Waals surface area contributed by atoms with Crippen molar-refractivity contribution in [2.75, 3.05) is 11.4 Å². The van der Waals surface area contributed by atoms with E-state index in [2.05, 4.69) is 10.3 Å². The van der Waals surface area contributed by atoms with E-state index in [-0.39, 0.29) is 17.9 Å². The van der Waals surface area contributed by atoms with Crippen LogP contribution in [-0.2, 0) is 9.59 Å². The molecule has 0 aliphatic heterocycles. The smallest absolute Gasteiger partial charge is 0.223 e. The number of anilines is 1. The van der Waals surface area contributed by atoms with Crippen LogP contribution in [0.1, 0.15) is 51.9 Å². The Morgan fingerprint density at radius 2 is 1.85 bits per heavy atom. The summed E-state index contributed by atoms with van der Waals surface area (Å²) in [5.41, 5.74) is 1.55. The molecule has 0 saturated heterocycles. The van der Waals surface area contributed by atoms with Crippen molar-refractivity contribution in [3.63, 3.8) is 0 Å². The van der Waals surface area contributed by atoms with E-state index in [1.807, 2.05) is 30.3 Å². The first-order valence-electron chi connectivity index (χ1n) is 9.56. The Balaban J connectivity index is 1.67. The third-order valence-electron chi connectivity index (χ3n) is 5.07. The fourth-order valence-corrected chi connectivity index (χ4v) is 3.69. The van der Waals surface area contributed by atoms with Gasteiger partial charge in [-0.25, -0.2) is 0 Å². The SMILES string of the molecule is CC(=O)N(CCC(=O)NC1CCCCCC1)c1cccc2cccnc12. The number of aromatic nitrogens is 1. The monoisotopic (exact) mass is 353 g/mol. The summed E-state index contributed by atoms with van der Waals surface area (Å²) < 4.78 is 0. The predicted octanol–water partition coefficient (Wildman–Crippen LogP) is 3.82. The summed E-state index contributed by atoms with van der Waals surface area (Å²) in [5.74, 6) is -0.0539. The van der Waals surface area contributed by atoms with Crippen LogP contribution < -0.4 is 10.2 Å². The standard InChI is InChI=1S/C21H27N3O2/c1-16(25)24(19-12-6-8-17-9-7-14-22-21(17)19)15-13-20(26)23-18-10-4-2-3-5-11-18/h6-9,12,14,18H,2-5,10-11,13,15H2,1H3,(H,23,26). The van der Waals surface area contributed by atoms with E-state index >= 15 is 0 Å². The van der Waals surface area contributed by atoms with Gasteiger partial charge in [0.2, 0.25) is 11.8 Å². The average molecular weight is 353 g/mol. The minimum absolute atomic E-state index is 0.0244. The molecule has 1 fully saturated rings. The van der Waals surface area contributed by atoms with Crippen molar-refractivity contribution in [1.29, 1.82) is 0 Å². The van der Waals surface area contributed by atoms with E-state index in [9.17, 15) is 9.59 Å². The molecule has 2 amide bonds. The first-order chi connectivity index (χ1) is 12.6. The molecular formula is C21H27N3O2. The van der Waals surface area contributed by atoms with Crippen LogP contribution in [0.5, 0.6) is 0 Å². The fraction of sp³-hybridized carbons (Fsp3) is 0.476. The van der Waals surface area contributed by atoms with Gasteiger partial charge in [-0.1, -0.05) is 43.9 Å². The zero-order valence-corrected chi connectivity index (χ0v) is 15.4. The number of hydrogen-bond acceptors (Lipinski definition) is 3. The quantitative estimate of drug-likeness (QED) is 0.831. The molecular weight excluding hydrogens is 326 g/mol. The van der Waals surface area contributed by atoms with Crippen LogP contribution in [0.25, 0.3) is 10.9 Å². The second-order valence-electron chi connectivity index (χ2n) is 7.03. The van der Waals surface area contributed by atoms with Gasteiger partial charge in [0.1, 0.15) is 0 Å². The molecule has 0 radical (unpaired) electrons. The first kappa shape index (κ1) is 18.4. The largest absolute Gasteiger partial charge is 0.353 e. The van der Waals surface area contributed by atoms with Gasteiger partial charge < -0.3 is 10.2 Å². The Morgan fingerprint density at radius 1 is 1.12 bits per heavy atom. The van der Waals surface area contributed by atoms with Gasteiger partial charge in [-0.15, -0.1) is 0 Å². The molecule has 0 bridgehead atoms. The maximum Gasteiger partial charge on any atom is 0.223 e. The molecule has 1 aliphatic carbocycles. The lowest BCUT2D eigenvalue weighted by molar-refractivity contribution is -0.121. The van der Waals surface area contributed by atoms with Crippen LogP contribution in [0.4, 0.5) is 5.69 Å². The van der Waals surface area contributed by atoms with Crippen molar-refractivity contribution in [2.45, 2.75) is 57.9 Å². The summed E-state index contributed by atoms with van der Waals surface area (Å²) in [4.78, 5) is 30.7. The maximum atomic E-state index is 12.4. The third kappa shape index (κ3) is 4.59. The summed E-state index contributed by atoms with van der Waals surface area (Å²) in [7, 11) is 0. The molecule has 1 aromatic carbocycles. The van der Waals surface area contributed by atoms with E-state index in [4.69, 9.17) is 0 Å². The molecule has 3 rings (SSSR count). The van der Waals surface area contributed by atoms with E-state index in [0.29, 0.717) is 13.0 Å². The Kier molecular flexibility index (Phi) is 6.21. The number of fused-ring (bicyclic) bond motifs is 1. The van der Waals surface area contributed by atoms with Crippen LogP contribution in [0.3, 0.4) is 0 Å². The molecule has 0 atom stereocenters. The Bertz CT molecular complexity index is 761. The van der Waals surface area contributed by atoms with Gasteiger partial charge in [-0.2, -0.15) is 0 Å². The number of hydrogen-bond donors (Lipinski definition) is 1. The van der Waals surface area contributed by atoms with Crippen molar-refractivity contribution in [1.82, 2.24) is 10.3 Å². The number of carbonyl (C=O) groups excluding carboxylic acids is 2. The highest BCUT2D eigenvalue weighted by Gasteiger charge is 2.18. The van der Waals surface area contributed by atoms with Gasteiger partial charge in [0, 0.05) is 37.5 Å². The summed E-state index contributed by atoms with van der Waals surface area (Å²) in [6.45, 7) is 1.90. The third-order valence-corrected chi connectivity index (χ3v) is 5.07. The average Bonchev–Trinajstić information content (AvgIpc) is 2.90. The second-order valence-corrected chi connectivity index (χ2v) is 7.03. The van der Waals surface area contributed by atoms with Gasteiger partial charge in [-0.05, 0) is 25.0 Å². The number of pyridine rings is 1. The normalized spacial score (nSPS) is 15.4. The van der Waals surface area contributed by atoms with Gasteiger partial charge in [-0.3, -0.25) is 14.6 Å². The van der Waals surface area contributed by atoms with Crippen LogP contribution in [0.2, 0.25) is 0 Å². The summed E-state index contributed by atoms with van der Waals surface area (Å²) in [5, 5.41) is 4.13. The highest BCUT2D eigenvalue weighted by atomic mass is 16.2. The van der Waals surface area contributed by atoms with Crippen molar-refractivity contribution in [3.8, 4) is 0 Å². The molecule has 1 saturated carbocycles. The van der Waals surface area contributed by atoms with Crippen molar-refractivity contribution < 1.29 is 9.59 Å². The maximum absolute atomic E-state index is 12.4. The van der Waals surface area contributed by atoms with Crippen LogP contribution in [0.15, 0.2) is 36.5 Å². The molecule has 5 heteroatoms. The number of nitrogens with one attached hydrogen (secondary N) is 1. The Morgan fingerprint density at radius 3 is 2.58 bits per heavy atom. The van der Waals surface area contributed by atoms with Crippen LogP contribution >= 0.6 is 0 Å². The van der Waals surface area contributed by atoms with E-state index in [1.54, 1.807) is 11.1 Å². The van der Waals surface area contributed by atoms with Gasteiger partial charge in [0.25, 0.3) is 0 Å². The Hall–Kier alpha value is -2.43. The zero-order valence-electron chi connectivity index (χ0n) is 15.4. The molecule has 0 unspecified atom stereocenters. The van der Waals surface area contributed by atoms with Crippen LogP contribution in [0, 0.1) is 0 Å². The molecule has 26 heavy (non-hydrogen) atoms. The summed E-state index contributed by atoms with van der Waals surface area (Å²) in [6.07, 6.45) is 9.06. The van der Waals surface area contributed by atoms with Crippen molar-refractivity contribution in [2.24, 2.45) is 0 Å². The van der Waals surface area contributed by atoms with Gasteiger partial charge in [0.05, 0.1) is 11.2 Å². The molecule has 1 N–H and O–H groups in total. The van der Waals surface area contributed by atoms with E-state index in [1.165, 1.54) is 32.6 Å². The zero-order chi connectivity index (χ0) is 18.4. The van der Waals surface area contributed by atoms with Gasteiger partial charge >= 0.3 is 0 Å². The number of para-hydroxylation sites is 1. The predicted molar refractivity (Wildman–Crippen MR) is 104 cm³/mol. The fourth-order valence-electron chi connectivity index (χ4n) is 3.69. The lowest BCUT2D eigenvalue weighted by Crippen LogP contribution is -2.38. The summed E-state index contributed by atoms with van der Waals surface area (Å²) >= 11 is 0. The number of amides is 2. The highest BCUT2D eigenvalue weighted by molar-refractivity contribution is 6.01. The number of nitrogens with zero attached hydrogens (tertiary/aromatic N) is 2. The topological polar surface area (TPSA) is 62.3 Å². The molecule has 1 heterocycles. The van der Waals surface area contributed by atoms with E-state index < -0.39 is 0 Å². The number of benzene rings is 1. The van der Waals surface area contributed by atoms with E-state index in [0.717, 1.165) is 29.4 Å². The molecule has 2 aromatic rings. The summed E-state index contributed by atoms with van der Waals surface area (Å²) in [6, 6.07) is 9.92. The van der Waals surface area contributed by atoms with Crippen molar-refractivity contribution in [3.05, 3.63) is 36.5 Å². The molecule has 0 spiro atoms. The number of carbonyl (C=O) groups is 2. The second kappa shape index (κ2) is 8.79. The highest BCUT2D eigenvalue weighted by Crippen LogP contribution is 2.25. The first-order valence-corrected chi connectivity index (χ1v) is 9.56. The Labute approximate surface area is 154 Å².